The third kappa shape index (κ3) is 7.80. The van der Waals surface area contributed by atoms with Crippen LogP contribution in [0.2, 0.25) is 0 Å². The normalized spacial score (nSPS) is 10.2. The van der Waals surface area contributed by atoms with Crippen molar-refractivity contribution in [3.63, 3.8) is 0 Å². The summed E-state index contributed by atoms with van der Waals surface area (Å²) >= 11 is 0. The van der Waals surface area contributed by atoms with Gasteiger partial charge in [0.2, 0.25) is 17.6 Å². The van der Waals surface area contributed by atoms with E-state index in [2.05, 4.69) is 10.6 Å². The Kier molecular flexibility index (Phi) is 10.7. The van der Waals surface area contributed by atoms with E-state index in [1.54, 1.807) is 43.5 Å². The molecule has 0 unspecified atom stereocenters. The molecule has 2 aromatic carbocycles. The van der Waals surface area contributed by atoms with E-state index >= 15 is 0 Å². The first kappa shape index (κ1) is 27.3. The van der Waals surface area contributed by atoms with E-state index in [9.17, 15) is 14.4 Å². The first-order valence-electron chi connectivity index (χ1n) is 11.2. The van der Waals surface area contributed by atoms with E-state index in [0.717, 1.165) is 6.42 Å². The SMILES string of the molecule is CCCCN(CC(=O)NCC(=O)Nc1ccc(OC)cc1)C(=O)c1cc(OC)c(OC)c(OC)c1. The molecule has 2 rings (SSSR count). The molecule has 2 N–H and O–H groups in total. The maximum absolute atomic E-state index is 13.3. The van der Waals surface area contributed by atoms with Crippen LogP contribution in [0.3, 0.4) is 0 Å². The minimum Gasteiger partial charge on any atom is -0.497 e. The minimum absolute atomic E-state index is 0.203. The van der Waals surface area contributed by atoms with Crippen LogP contribution < -0.4 is 29.6 Å². The van der Waals surface area contributed by atoms with E-state index in [4.69, 9.17) is 18.9 Å². The van der Waals surface area contributed by atoms with Crippen LogP contribution in [0.15, 0.2) is 36.4 Å². The van der Waals surface area contributed by atoms with Gasteiger partial charge < -0.3 is 34.5 Å². The van der Waals surface area contributed by atoms with Crippen molar-refractivity contribution >= 4 is 23.4 Å². The minimum atomic E-state index is -0.452. The molecule has 0 saturated carbocycles. The smallest absolute Gasteiger partial charge is 0.254 e. The number of carbonyl (C=O) groups is 3. The summed E-state index contributed by atoms with van der Waals surface area (Å²) in [6, 6.07) is 9.91. The summed E-state index contributed by atoms with van der Waals surface area (Å²) in [5.41, 5.74) is 0.868. The third-order valence-electron chi connectivity index (χ3n) is 5.13. The molecule has 190 valence electrons. The van der Waals surface area contributed by atoms with Crippen molar-refractivity contribution in [2.75, 3.05) is 53.4 Å². The van der Waals surface area contributed by atoms with Crippen molar-refractivity contribution in [2.24, 2.45) is 0 Å². The lowest BCUT2D eigenvalue weighted by atomic mass is 10.1. The Labute approximate surface area is 205 Å². The number of methoxy groups -OCH3 is 4. The summed E-state index contributed by atoms with van der Waals surface area (Å²) in [4.78, 5) is 39.5. The molecule has 0 saturated heterocycles. The number of anilines is 1. The van der Waals surface area contributed by atoms with Crippen LogP contribution >= 0.6 is 0 Å². The summed E-state index contributed by atoms with van der Waals surface area (Å²) < 4.78 is 21.1. The van der Waals surface area contributed by atoms with Crippen molar-refractivity contribution in [1.82, 2.24) is 10.2 Å². The van der Waals surface area contributed by atoms with Gasteiger partial charge in [-0.1, -0.05) is 13.3 Å². The lowest BCUT2D eigenvalue weighted by Gasteiger charge is -2.23. The molecule has 3 amide bonds. The molecule has 0 aromatic heterocycles. The van der Waals surface area contributed by atoms with Crippen molar-refractivity contribution < 1.29 is 33.3 Å². The van der Waals surface area contributed by atoms with Crippen LogP contribution in [0.1, 0.15) is 30.1 Å². The zero-order valence-corrected chi connectivity index (χ0v) is 20.8. The molecule has 10 heteroatoms. The fraction of sp³-hybridized carbons (Fsp3) is 0.400. The van der Waals surface area contributed by atoms with Gasteiger partial charge in [0.05, 0.1) is 41.5 Å². The van der Waals surface area contributed by atoms with Gasteiger partial charge in [-0.25, -0.2) is 0 Å². The van der Waals surface area contributed by atoms with Crippen LogP contribution in [0.25, 0.3) is 0 Å². The number of hydrogen-bond donors (Lipinski definition) is 2. The molecule has 35 heavy (non-hydrogen) atoms. The van der Waals surface area contributed by atoms with Gasteiger partial charge in [0.15, 0.2) is 11.5 Å². The first-order chi connectivity index (χ1) is 16.9. The molecule has 0 fully saturated rings. The van der Waals surface area contributed by atoms with E-state index in [1.807, 2.05) is 6.92 Å². The highest BCUT2D eigenvalue weighted by Crippen LogP contribution is 2.38. The lowest BCUT2D eigenvalue weighted by Crippen LogP contribution is -2.43. The molecule has 2 aromatic rings. The second-order valence-corrected chi connectivity index (χ2v) is 7.55. The maximum atomic E-state index is 13.3. The quantitative estimate of drug-likeness (QED) is 0.446. The first-order valence-corrected chi connectivity index (χ1v) is 11.2. The largest absolute Gasteiger partial charge is 0.497 e. The lowest BCUT2D eigenvalue weighted by molar-refractivity contribution is -0.124. The Bertz CT molecular complexity index is 984. The monoisotopic (exact) mass is 487 g/mol. The van der Waals surface area contributed by atoms with Crippen LogP contribution in [0.5, 0.6) is 23.0 Å². The number of benzene rings is 2. The molecule has 0 radical (unpaired) electrons. The molecular weight excluding hydrogens is 454 g/mol. The highest BCUT2D eigenvalue weighted by Gasteiger charge is 2.23. The molecule has 0 spiro atoms. The molecule has 0 heterocycles. The van der Waals surface area contributed by atoms with Crippen molar-refractivity contribution in [3.8, 4) is 23.0 Å². The average Bonchev–Trinajstić information content (AvgIpc) is 2.88. The number of nitrogens with one attached hydrogen (secondary N) is 2. The number of carbonyl (C=O) groups excluding carboxylic acids is 3. The molecule has 0 atom stereocenters. The zero-order chi connectivity index (χ0) is 25.8. The van der Waals surface area contributed by atoms with E-state index in [-0.39, 0.29) is 24.9 Å². The molecule has 0 aliphatic carbocycles. The third-order valence-corrected chi connectivity index (χ3v) is 5.13. The van der Waals surface area contributed by atoms with Crippen LogP contribution in [0.4, 0.5) is 5.69 Å². The average molecular weight is 488 g/mol. The standard InChI is InChI=1S/C25H33N3O7/c1-6-7-12-28(25(31)17-13-20(33-3)24(35-5)21(14-17)34-4)16-23(30)26-15-22(29)27-18-8-10-19(32-2)11-9-18/h8-11,13-14H,6-7,12,15-16H2,1-5H3,(H,26,30)(H,27,29). The van der Waals surface area contributed by atoms with Crippen molar-refractivity contribution in [3.05, 3.63) is 42.0 Å². The van der Waals surface area contributed by atoms with Gasteiger partial charge >= 0.3 is 0 Å². The number of nitrogens with zero attached hydrogens (tertiary/aromatic N) is 1. The van der Waals surface area contributed by atoms with Gasteiger partial charge in [-0.2, -0.15) is 0 Å². The fourth-order valence-electron chi connectivity index (χ4n) is 3.28. The summed E-state index contributed by atoms with van der Waals surface area (Å²) in [7, 11) is 5.96. The highest BCUT2D eigenvalue weighted by atomic mass is 16.5. The molecule has 0 bridgehead atoms. The Balaban J connectivity index is 2.05. The Morgan fingerprint density at radius 1 is 0.857 bits per heavy atom. The predicted octanol–water partition coefficient (Wildman–Crippen LogP) is 2.72. The zero-order valence-electron chi connectivity index (χ0n) is 20.8. The van der Waals surface area contributed by atoms with Gasteiger partial charge in [0, 0.05) is 17.8 Å². The predicted molar refractivity (Wildman–Crippen MR) is 132 cm³/mol. The second-order valence-electron chi connectivity index (χ2n) is 7.55. The van der Waals surface area contributed by atoms with Crippen LogP contribution in [-0.2, 0) is 9.59 Å². The fourth-order valence-corrected chi connectivity index (χ4v) is 3.28. The van der Waals surface area contributed by atoms with Gasteiger partial charge in [0.1, 0.15) is 5.75 Å². The molecule has 10 nitrogen and oxygen atoms in total. The number of ether oxygens (including phenoxy) is 4. The van der Waals surface area contributed by atoms with Crippen LogP contribution in [-0.4, -0.2) is 70.7 Å². The number of amides is 3. The Morgan fingerprint density at radius 2 is 1.49 bits per heavy atom. The summed E-state index contributed by atoms with van der Waals surface area (Å²) in [5.74, 6) is 0.505. The van der Waals surface area contributed by atoms with E-state index < -0.39 is 5.91 Å². The second kappa shape index (κ2) is 13.7. The van der Waals surface area contributed by atoms with Gasteiger partial charge in [-0.05, 0) is 42.8 Å². The Morgan fingerprint density at radius 3 is 2.00 bits per heavy atom. The van der Waals surface area contributed by atoms with E-state index in [1.165, 1.54) is 26.2 Å². The number of hydrogen-bond acceptors (Lipinski definition) is 7. The molecular formula is C25H33N3O7. The van der Waals surface area contributed by atoms with Gasteiger partial charge in [-0.15, -0.1) is 0 Å². The highest BCUT2D eigenvalue weighted by molar-refractivity contribution is 5.99. The molecule has 0 aliphatic heterocycles. The maximum Gasteiger partial charge on any atom is 0.254 e. The summed E-state index contributed by atoms with van der Waals surface area (Å²) in [6.45, 7) is 1.93. The summed E-state index contributed by atoms with van der Waals surface area (Å²) in [5, 5.41) is 5.25. The van der Waals surface area contributed by atoms with E-state index in [0.29, 0.717) is 47.2 Å². The summed E-state index contributed by atoms with van der Waals surface area (Å²) in [6.07, 6.45) is 1.55. The van der Waals surface area contributed by atoms with Gasteiger partial charge in [-0.3, -0.25) is 14.4 Å². The number of rotatable bonds is 13. The molecule has 0 aliphatic rings. The van der Waals surface area contributed by atoms with Gasteiger partial charge in [0.25, 0.3) is 5.91 Å². The van der Waals surface area contributed by atoms with Crippen LogP contribution in [0, 0.1) is 0 Å². The Hall–Kier alpha value is -3.95. The number of unbranched alkanes of at least 4 members (excludes halogenated alkanes) is 1. The van der Waals surface area contributed by atoms with Crippen molar-refractivity contribution in [1.29, 1.82) is 0 Å². The van der Waals surface area contributed by atoms with Crippen molar-refractivity contribution in [2.45, 2.75) is 19.8 Å². The topological polar surface area (TPSA) is 115 Å².